The Morgan fingerprint density at radius 3 is 2.67 bits per heavy atom. The van der Waals surface area contributed by atoms with Crippen molar-refractivity contribution in [1.82, 2.24) is 5.32 Å². The van der Waals surface area contributed by atoms with Crippen molar-refractivity contribution in [1.29, 1.82) is 0 Å². The predicted molar refractivity (Wildman–Crippen MR) is 75.0 cm³/mol. The summed E-state index contributed by atoms with van der Waals surface area (Å²) in [4.78, 5) is 12.1. The molecule has 1 saturated heterocycles. The van der Waals surface area contributed by atoms with Gasteiger partial charge in [-0.3, -0.25) is 4.79 Å². The summed E-state index contributed by atoms with van der Waals surface area (Å²) in [5.41, 5.74) is 1.15. The number of anilines is 1. The van der Waals surface area contributed by atoms with Gasteiger partial charge in [0.1, 0.15) is 0 Å². The van der Waals surface area contributed by atoms with Crippen LogP contribution >= 0.6 is 0 Å². The average molecular weight is 300 g/mol. The van der Waals surface area contributed by atoms with E-state index in [1.165, 1.54) is 0 Å². The number of piperidine rings is 1. The summed E-state index contributed by atoms with van der Waals surface area (Å²) >= 11 is 0. The van der Waals surface area contributed by atoms with Crippen LogP contribution in [0.15, 0.2) is 24.3 Å². The number of aryl methyl sites for hydroxylation is 1. The van der Waals surface area contributed by atoms with E-state index in [2.05, 4.69) is 10.6 Å². The first-order valence-electron chi connectivity index (χ1n) is 7.11. The van der Waals surface area contributed by atoms with Crippen LogP contribution in [0.25, 0.3) is 0 Å². The van der Waals surface area contributed by atoms with Crippen LogP contribution < -0.4 is 10.6 Å². The second-order valence-electron chi connectivity index (χ2n) is 5.33. The molecule has 0 saturated carbocycles. The molecule has 1 aromatic rings. The third kappa shape index (κ3) is 5.38. The van der Waals surface area contributed by atoms with Gasteiger partial charge in [-0.15, -0.1) is 0 Å². The maximum absolute atomic E-state index is 12.2. The van der Waals surface area contributed by atoms with E-state index in [1.807, 2.05) is 0 Å². The highest BCUT2D eigenvalue weighted by atomic mass is 19.4. The molecule has 0 aromatic heterocycles. The van der Waals surface area contributed by atoms with Crippen molar-refractivity contribution in [3.05, 3.63) is 29.8 Å². The lowest BCUT2D eigenvalue weighted by molar-refractivity contribution is -0.134. The van der Waals surface area contributed by atoms with Crippen molar-refractivity contribution in [2.75, 3.05) is 18.4 Å². The fraction of sp³-hybridized carbons (Fsp3) is 0.533. The van der Waals surface area contributed by atoms with E-state index in [1.54, 1.807) is 24.3 Å². The smallest absolute Gasteiger partial charge is 0.326 e. The highest BCUT2D eigenvalue weighted by molar-refractivity contribution is 5.92. The molecule has 116 valence electrons. The van der Waals surface area contributed by atoms with Crippen LogP contribution in [-0.4, -0.2) is 25.2 Å². The van der Waals surface area contributed by atoms with Crippen molar-refractivity contribution in [2.24, 2.45) is 5.92 Å². The summed E-state index contributed by atoms with van der Waals surface area (Å²) in [5.74, 6) is -0.0745. The third-order valence-electron chi connectivity index (χ3n) is 3.60. The second-order valence-corrected chi connectivity index (χ2v) is 5.33. The number of hydrogen-bond acceptors (Lipinski definition) is 2. The zero-order valence-electron chi connectivity index (χ0n) is 11.7. The summed E-state index contributed by atoms with van der Waals surface area (Å²) in [6.45, 7) is 1.65. The molecule has 1 fully saturated rings. The standard InChI is InChI=1S/C15H19F3N2O/c16-15(17,18)7-4-11-2-1-3-13(10-11)20-14(21)12-5-8-19-9-6-12/h1-3,10,12,19H,4-9H2,(H,20,21). The number of rotatable bonds is 4. The Morgan fingerprint density at radius 1 is 1.29 bits per heavy atom. The molecule has 0 unspecified atom stereocenters. The second kappa shape index (κ2) is 6.93. The summed E-state index contributed by atoms with van der Waals surface area (Å²) in [5, 5.41) is 5.99. The quantitative estimate of drug-likeness (QED) is 0.897. The van der Waals surface area contributed by atoms with E-state index in [-0.39, 0.29) is 18.2 Å². The molecule has 2 N–H and O–H groups in total. The Kier molecular flexibility index (Phi) is 5.22. The van der Waals surface area contributed by atoms with Crippen molar-refractivity contribution in [3.8, 4) is 0 Å². The fourth-order valence-corrected chi connectivity index (χ4v) is 2.42. The summed E-state index contributed by atoms with van der Waals surface area (Å²) < 4.78 is 36.7. The molecular formula is C15H19F3N2O. The van der Waals surface area contributed by atoms with Gasteiger partial charge in [-0.2, -0.15) is 13.2 Å². The molecule has 2 rings (SSSR count). The van der Waals surface area contributed by atoms with E-state index >= 15 is 0 Å². The van der Waals surface area contributed by atoms with Gasteiger partial charge in [0.05, 0.1) is 0 Å². The first-order chi connectivity index (χ1) is 9.94. The predicted octanol–water partition coefficient (Wildman–Crippen LogP) is 3.12. The highest BCUT2D eigenvalue weighted by Crippen LogP contribution is 2.23. The van der Waals surface area contributed by atoms with E-state index < -0.39 is 12.6 Å². The normalized spacial score (nSPS) is 16.7. The monoisotopic (exact) mass is 300 g/mol. The van der Waals surface area contributed by atoms with Gasteiger partial charge in [-0.05, 0) is 50.0 Å². The number of benzene rings is 1. The van der Waals surface area contributed by atoms with Gasteiger partial charge in [0.15, 0.2) is 0 Å². The summed E-state index contributed by atoms with van der Waals surface area (Å²) in [6, 6.07) is 6.64. The van der Waals surface area contributed by atoms with Crippen LogP contribution in [0.3, 0.4) is 0 Å². The molecular weight excluding hydrogens is 281 g/mol. The minimum absolute atomic E-state index is 0.0231. The van der Waals surface area contributed by atoms with E-state index in [4.69, 9.17) is 0 Å². The molecule has 1 aromatic carbocycles. The van der Waals surface area contributed by atoms with Gasteiger partial charge in [0, 0.05) is 18.0 Å². The molecule has 0 bridgehead atoms. The molecule has 1 aliphatic rings. The van der Waals surface area contributed by atoms with Crippen LogP contribution in [0.1, 0.15) is 24.8 Å². The van der Waals surface area contributed by atoms with Gasteiger partial charge < -0.3 is 10.6 Å². The third-order valence-corrected chi connectivity index (χ3v) is 3.60. The van der Waals surface area contributed by atoms with Gasteiger partial charge in [0.25, 0.3) is 0 Å². The lowest BCUT2D eigenvalue weighted by Gasteiger charge is -2.21. The zero-order chi connectivity index (χ0) is 15.3. The van der Waals surface area contributed by atoms with Gasteiger partial charge >= 0.3 is 6.18 Å². The Morgan fingerprint density at radius 2 is 2.00 bits per heavy atom. The van der Waals surface area contributed by atoms with Crippen LogP contribution in [0.4, 0.5) is 18.9 Å². The molecule has 6 heteroatoms. The van der Waals surface area contributed by atoms with Crippen molar-refractivity contribution in [2.45, 2.75) is 31.9 Å². The lowest BCUT2D eigenvalue weighted by Crippen LogP contribution is -2.34. The molecule has 1 heterocycles. The highest BCUT2D eigenvalue weighted by Gasteiger charge is 2.26. The molecule has 21 heavy (non-hydrogen) atoms. The number of amides is 1. The molecule has 3 nitrogen and oxygen atoms in total. The molecule has 1 aliphatic heterocycles. The molecule has 0 aliphatic carbocycles. The Balaban J connectivity index is 1.92. The molecule has 0 atom stereocenters. The topological polar surface area (TPSA) is 41.1 Å². The minimum atomic E-state index is -4.16. The summed E-state index contributed by atoms with van der Waals surface area (Å²) in [7, 11) is 0. The number of carbonyl (C=O) groups is 1. The van der Waals surface area contributed by atoms with Gasteiger partial charge in [0.2, 0.25) is 5.91 Å². The van der Waals surface area contributed by atoms with Crippen molar-refractivity contribution in [3.63, 3.8) is 0 Å². The molecule has 0 radical (unpaired) electrons. The first kappa shape index (κ1) is 15.8. The van der Waals surface area contributed by atoms with Crippen molar-refractivity contribution >= 4 is 11.6 Å². The van der Waals surface area contributed by atoms with Crippen LogP contribution in [0.2, 0.25) is 0 Å². The van der Waals surface area contributed by atoms with Gasteiger partial charge in [-0.25, -0.2) is 0 Å². The number of alkyl halides is 3. The average Bonchev–Trinajstić information content (AvgIpc) is 2.46. The number of carbonyl (C=O) groups excluding carboxylic acids is 1. The van der Waals surface area contributed by atoms with Crippen molar-refractivity contribution < 1.29 is 18.0 Å². The first-order valence-corrected chi connectivity index (χ1v) is 7.11. The molecule has 0 spiro atoms. The Labute approximate surface area is 121 Å². The van der Waals surface area contributed by atoms with E-state index in [0.29, 0.717) is 11.3 Å². The van der Waals surface area contributed by atoms with Crippen LogP contribution in [0, 0.1) is 5.92 Å². The summed E-state index contributed by atoms with van der Waals surface area (Å²) in [6.07, 6.45) is -3.49. The largest absolute Gasteiger partial charge is 0.389 e. The SMILES string of the molecule is O=C(Nc1cccc(CCC(F)(F)F)c1)C1CCNCC1. The Hall–Kier alpha value is -1.56. The number of nitrogens with one attached hydrogen (secondary N) is 2. The maximum atomic E-state index is 12.2. The zero-order valence-corrected chi connectivity index (χ0v) is 11.7. The number of halogens is 3. The van der Waals surface area contributed by atoms with Crippen LogP contribution in [-0.2, 0) is 11.2 Å². The lowest BCUT2D eigenvalue weighted by atomic mass is 9.97. The minimum Gasteiger partial charge on any atom is -0.326 e. The van der Waals surface area contributed by atoms with Gasteiger partial charge in [-0.1, -0.05) is 12.1 Å². The Bertz CT molecular complexity index is 482. The number of hydrogen-bond donors (Lipinski definition) is 2. The van der Waals surface area contributed by atoms with E-state index in [9.17, 15) is 18.0 Å². The fourth-order valence-electron chi connectivity index (χ4n) is 2.42. The maximum Gasteiger partial charge on any atom is 0.389 e. The van der Waals surface area contributed by atoms with Crippen LogP contribution in [0.5, 0.6) is 0 Å². The molecule has 1 amide bonds. The van der Waals surface area contributed by atoms with E-state index in [0.717, 1.165) is 25.9 Å².